The molecule has 0 radical (unpaired) electrons. The molecule has 2 aromatic carbocycles. The lowest BCUT2D eigenvalue weighted by atomic mass is 10.2. The molecular weight excluding hydrogens is 400 g/mol. The van der Waals surface area contributed by atoms with Gasteiger partial charge < -0.3 is 4.74 Å². The van der Waals surface area contributed by atoms with Gasteiger partial charge >= 0.3 is 0 Å². The van der Waals surface area contributed by atoms with Crippen molar-refractivity contribution >= 4 is 29.6 Å². The monoisotopic (exact) mass is 422 g/mol. The van der Waals surface area contributed by atoms with Gasteiger partial charge in [0.25, 0.3) is 5.56 Å². The molecule has 1 aromatic heterocycles. The third-order valence-corrected chi connectivity index (χ3v) is 6.74. The SMILES string of the molecule is COc1ccc(-n2c(SCC=Cc3ccccc3)nc3c(c2=O)SC(C)C3)cc1. The third kappa shape index (κ3) is 4.43. The topological polar surface area (TPSA) is 44.1 Å². The van der Waals surface area contributed by atoms with E-state index in [-0.39, 0.29) is 5.56 Å². The van der Waals surface area contributed by atoms with Crippen LogP contribution in [0.2, 0.25) is 0 Å². The Morgan fingerprint density at radius 2 is 1.97 bits per heavy atom. The van der Waals surface area contributed by atoms with Crippen LogP contribution in [0.25, 0.3) is 11.8 Å². The molecule has 0 spiro atoms. The normalized spacial score (nSPS) is 15.6. The number of rotatable bonds is 6. The molecule has 1 aliphatic heterocycles. The predicted molar refractivity (Wildman–Crippen MR) is 122 cm³/mol. The highest BCUT2D eigenvalue weighted by Gasteiger charge is 2.26. The molecule has 4 nitrogen and oxygen atoms in total. The molecule has 4 rings (SSSR count). The molecule has 6 heteroatoms. The van der Waals surface area contributed by atoms with Crippen LogP contribution < -0.4 is 10.3 Å². The van der Waals surface area contributed by atoms with Gasteiger partial charge in [0.1, 0.15) is 5.75 Å². The van der Waals surface area contributed by atoms with Crippen LogP contribution in [-0.4, -0.2) is 27.7 Å². The fourth-order valence-corrected chi connectivity index (χ4v) is 5.16. The molecule has 3 aromatic rings. The van der Waals surface area contributed by atoms with Gasteiger partial charge in [0.05, 0.1) is 23.4 Å². The van der Waals surface area contributed by atoms with Crippen LogP contribution in [0, 0.1) is 0 Å². The van der Waals surface area contributed by atoms with E-state index in [9.17, 15) is 4.79 Å². The minimum atomic E-state index is 0.0176. The molecule has 0 saturated carbocycles. The van der Waals surface area contributed by atoms with Crippen molar-refractivity contribution in [2.75, 3.05) is 12.9 Å². The molecule has 0 N–H and O–H groups in total. The molecule has 2 heterocycles. The van der Waals surface area contributed by atoms with Crippen molar-refractivity contribution in [2.24, 2.45) is 0 Å². The summed E-state index contributed by atoms with van der Waals surface area (Å²) in [5.41, 5.74) is 2.91. The van der Waals surface area contributed by atoms with Gasteiger partial charge in [-0.2, -0.15) is 0 Å². The summed E-state index contributed by atoms with van der Waals surface area (Å²) in [5, 5.41) is 1.11. The fraction of sp³-hybridized carbons (Fsp3) is 0.217. The first-order valence-electron chi connectivity index (χ1n) is 9.47. The van der Waals surface area contributed by atoms with E-state index in [4.69, 9.17) is 9.72 Å². The highest BCUT2D eigenvalue weighted by Crippen LogP contribution is 2.35. The number of aromatic nitrogens is 2. The largest absolute Gasteiger partial charge is 0.497 e. The van der Waals surface area contributed by atoms with Crippen LogP contribution in [0.5, 0.6) is 5.75 Å². The molecule has 148 valence electrons. The molecule has 0 amide bonds. The lowest BCUT2D eigenvalue weighted by molar-refractivity contribution is 0.414. The van der Waals surface area contributed by atoms with E-state index in [1.807, 2.05) is 42.5 Å². The Bertz CT molecular complexity index is 1080. The number of fused-ring (bicyclic) bond motifs is 1. The van der Waals surface area contributed by atoms with Gasteiger partial charge in [0, 0.05) is 17.4 Å². The number of ether oxygens (including phenoxy) is 1. The lowest BCUT2D eigenvalue weighted by Gasteiger charge is -2.13. The van der Waals surface area contributed by atoms with Crippen molar-refractivity contribution in [1.29, 1.82) is 0 Å². The number of thioether (sulfide) groups is 2. The predicted octanol–water partition coefficient (Wildman–Crippen LogP) is 5.08. The number of methoxy groups -OCH3 is 1. The van der Waals surface area contributed by atoms with Crippen molar-refractivity contribution in [1.82, 2.24) is 9.55 Å². The van der Waals surface area contributed by atoms with Gasteiger partial charge in [-0.1, -0.05) is 61.2 Å². The Kier molecular flexibility index (Phi) is 6.11. The van der Waals surface area contributed by atoms with E-state index >= 15 is 0 Å². The molecule has 1 atom stereocenters. The second-order valence-corrected chi connectivity index (χ2v) is 9.20. The summed E-state index contributed by atoms with van der Waals surface area (Å²) in [4.78, 5) is 18.9. The molecular formula is C23H22N2O2S2. The maximum atomic E-state index is 13.3. The molecule has 29 heavy (non-hydrogen) atoms. The molecule has 0 saturated heterocycles. The minimum Gasteiger partial charge on any atom is -0.497 e. The van der Waals surface area contributed by atoms with Crippen LogP contribution in [0.1, 0.15) is 18.2 Å². The zero-order valence-corrected chi connectivity index (χ0v) is 18.0. The third-order valence-electron chi connectivity index (χ3n) is 4.63. The van der Waals surface area contributed by atoms with Gasteiger partial charge in [0.15, 0.2) is 5.16 Å². The summed E-state index contributed by atoms with van der Waals surface area (Å²) >= 11 is 3.20. The number of hydrogen-bond donors (Lipinski definition) is 0. The first kappa shape index (κ1) is 19.9. The Morgan fingerprint density at radius 1 is 1.21 bits per heavy atom. The standard InChI is InChI=1S/C23H22N2O2S2/c1-16-15-20-21(29-16)22(26)25(18-10-12-19(27-2)13-11-18)23(24-20)28-14-6-9-17-7-4-3-5-8-17/h3-13,16H,14-15H2,1-2H3. The molecule has 0 fully saturated rings. The smallest absolute Gasteiger partial charge is 0.272 e. The van der Waals surface area contributed by atoms with E-state index in [0.717, 1.165) is 44.9 Å². The summed E-state index contributed by atoms with van der Waals surface area (Å²) < 4.78 is 6.98. The quantitative estimate of drug-likeness (QED) is 0.409. The van der Waals surface area contributed by atoms with Crippen molar-refractivity contribution in [2.45, 2.75) is 28.6 Å². The van der Waals surface area contributed by atoms with E-state index in [1.165, 1.54) is 0 Å². The van der Waals surface area contributed by atoms with E-state index in [0.29, 0.717) is 5.25 Å². The fourth-order valence-electron chi connectivity index (χ4n) is 3.23. The van der Waals surface area contributed by atoms with Gasteiger partial charge in [-0.3, -0.25) is 9.36 Å². The van der Waals surface area contributed by atoms with Crippen LogP contribution in [0.15, 0.2) is 75.5 Å². The lowest BCUT2D eigenvalue weighted by Crippen LogP contribution is -2.23. The van der Waals surface area contributed by atoms with E-state index < -0.39 is 0 Å². The first-order chi connectivity index (χ1) is 14.2. The van der Waals surface area contributed by atoms with Crippen LogP contribution in [0.4, 0.5) is 0 Å². The second-order valence-electron chi connectivity index (χ2n) is 6.77. The Labute approximate surface area is 179 Å². The molecule has 0 aliphatic carbocycles. The molecule has 1 aliphatic rings. The Morgan fingerprint density at radius 3 is 2.69 bits per heavy atom. The maximum Gasteiger partial charge on any atom is 0.272 e. The first-order valence-corrected chi connectivity index (χ1v) is 11.3. The highest BCUT2D eigenvalue weighted by atomic mass is 32.2. The summed E-state index contributed by atoms with van der Waals surface area (Å²) in [7, 11) is 1.64. The summed E-state index contributed by atoms with van der Waals surface area (Å²) in [6.07, 6.45) is 5.04. The minimum absolute atomic E-state index is 0.0176. The Balaban J connectivity index is 1.66. The average molecular weight is 423 g/mol. The van der Waals surface area contributed by atoms with Crippen LogP contribution >= 0.6 is 23.5 Å². The van der Waals surface area contributed by atoms with Crippen molar-refractivity contribution in [3.8, 4) is 11.4 Å². The molecule has 0 bridgehead atoms. The van der Waals surface area contributed by atoms with Crippen LogP contribution in [-0.2, 0) is 6.42 Å². The summed E-state index contributed by atoms with van der Waals surface area (Å²) in [6, 6.07) is 17.7. The average Bonchev–Trinajstić information content (AvgIpc) is 3.13. The van der Waals surface area contributed by atoms with Gasteiger partial charge in [0.2, 0.25) is 0 Å². The maximum absolute atomic E-state index is 13.3. The number of nitrogens with zero attached hydrogens (tertiary/aromatic N) is 2. The van der Waals surface area contributed by atoms with E-state index in [2.05, 4.69) is 31.2 Å². The van der Waals surface area contributed by atoms with Crippen molar-refractivity contribution in [3.05, 3.63) is 82.3 Å². The summed E-state index contributed by atoms with van der Waals surface area (Å²) in [5.74, 6) is 1.50. The number of hydrogen-bond acceptors (Lipinski definition) is 5. The van der Waals surface area contributed by atoms with Gasteiger partial charge in [-0.15, -0.1) is 11.8 Å². The summed E-state index contributed by atoms with van der Waals surface area (Å²) in [6.45, 7) is 2.14. The Hall–Kier alpha value is -2.44. The number of benzene rings is 2. The molecule has 1 unspecified atom stereocenters. The van der Waals surface area contributed by atoms with Gasteiger partial charge in [-0.05, 0) is 29.8 Å². The zero-order chi connectivity index (χ0) is 20.2. The second kappa shape index (κ2) is 8.93. The highest BCUT2D eigenvalue weighted by molar-refractivity contribution is 8.00. The zero-order valence-electron chi connectivity index (χ0n) is 16.4. The van der Waals surface area contributed by atoms with Crippen molar-refractivity contribution in [3.63, 3.8) is 0 Å². The van der Waals surface area contributed by atoms with E-state index in [1.54, 1.807) is 35.2 Å². The van der Waals surface area contributed by atoms with Crippen molar-refractivity contribution < 1.29 is 4.74 Å². The van der Waals surface area contributed by atoms with Crippen LogP contribution in [0.3, 0.4) is 0 Å². The van der Waals surface area contributed by atoms with Gasteiger partial charge in [-0.25, -0.2) is 4.98 Å².